The van der Waals surface area contributed by atoms with Gasteiger partial charge < -0.3 is 5.32 Å². The number of amides is 1. The number of carbonyl (C=O) groups is 1. The number of carbonyl (C=O) groups excluding carboxylic acids is 1. The van der Waals surface area contributed by atoms with Crippen LogP contribution in [0.25, 0.3) is 0 Å². The minimum absolute atomic E-state index is 0.00792. The molecule has 1 saturated carbocycles. The van der Waals surface area contributed by atoms with Crippen molar-refractivity contribution >= 4 is 5.91 Å². The molecule has 0 aliphatic heterocycles. The number of benzene rings is 1. The van der Waals surface area contributed by atoms with Gasteiger partial charge in [-0.2, -0.15) is 13.2 Å². The van der Waals surface area contributed by atoms with Crippen molar-refractivity contribution in [2.24, 2.45) is 5.92 Å². The smallest absolute Gasteiger partial charge is 0.349 e. The van der Waals surface area contributed by atoms with Gasteiger partial charge in [0.1, 0.15) is 5.82 Å². The number of nitrogens with zero attached hydrogens (tertiary/aromatic N) is 2. The lowest BCUT2D eigenvalue weighted by Gasteiger charge is -2.35. The van der Waals surface area contributed by atoms with Crippen molar-refractivity contribution in [3.63, 3.8) is 0 Å². The predicted octanol–water partition coefficient (Wildman–Crippen LogP) is 3.02. The summed E-state index contributed by atoms with van der Waals surface area (Å²) in [5, 5.41) is 7.84. The number of halogens is 3. The van der Waals surface area contributed by atoms with Gasteiger partial charge in [0.2, 0.25) is 5.91 Å². The van der Waals surface area contributed by atoms with Crippen molar-refractivity contribution in [1.29, 1.82) is 0 Å². The molecule has 1 heterocycles. The highest BCUT2D eigenvalue weighted by molar-refractivity contribution is 5.76. The summed E-state index contributed by atoms with van der Waals surface area (Å²) in [7, 11) is 0. The van der Waals surface area contributed by atoms with Crippen molar-refractivity contribution < 1.29 is 18.0 Å². The third kappa shape index (κ3) is 3.93. The molecule has 1 aromatic carbocycles. The highest BCUT2D eigenvalue weighted by Gasteiger charge is 2.36. The van der Waals surface area contributed by atoms with E-state index in [2.05, 4.69) is 32.6 Å². The number of H-pyrrole nitrogens is 1. The average Bonchev–Trinajstić information content (AvgIpc) is 2.98. The summed E-state index contributed by atoms with van der Waals surface area (Å²) in [4.78, 5) is 15.2. The average molecular weight is 338 g/mol. The van der Waals surface area contributed by atoms with E-state index in [-0.39, 0.29) is 18.3 Å². The quantitative estimate of drug-likeness (QED) is 0.880. The molecule has 3 rings (SSSR count). The molecule has 0 atom stereocenters. The van der Waals surface area contributed by atoms with Crippen LogP contribution in [0.3, 0.4) is 0 Å². The van der Waals surface area contributed by atoms with Crippen molar-refractivity contribution in [3.8, 4) is 0 Å². The molecule has 128 valence electrons. The molecule has 24 heavy (non-hydrogen) atoms. The molecule has 2 aromatic rings. The number of hydrogen-bond acceptors (Lipinski definition) is 3. The van der Waals surface area contributed by atoms with Gasteiger partial charge in [-0.15, -0.1) is 5.10 Å². The zero-order valence-electron chi connectivity index (χ0n) is 12.8. The standard InChI is InChI=1S/C16H17F3N4O/c17-16(18,19)15-21-13(22-23-15)9-20-14(24)8-10-6-12(7-10)11-4-2-1-3-5-11/h1-5,10,12H,6-9H2,(H,20,24)(H,21,22,23). The van der Waals surface area contributed by atoms with Gasteiger partial charge in [0.05, 0.1) is 6.54 Å². The first kappa shape index (κ1) is 16.5. The van der Waals surface area contributed by atoms with E-state index in [1.165, 1.54) is 5.56 Å². The molecule has 0 unspecified atom stereocenters. The van der Waals surface area contributed by atoms with Crippen LogP contribution in [0.4, 0.5) is 13.2 Å². The minimum atomic E-state index is -4.59. The Labute approximate surface area is 136 Å². The van der Waals surface area contributed by atoms with Gasteiger partial charge in [0.25, 0.3) is 5.82 Å². The Kier molecular flexibility index (Phi) is 4.55. The van der Waals surface area contributed by atoms with E-state index >= 15 is 0 Å². The van der Waals surface area contributed by atoms with Gasteiger partial charge in [-0.3, -0.25) is 9.89 Å². The van der Waals surface area contributed by atoms with Crippen LogP contribution in [-0.4, -0.2) is 21.1 Å². The maximum absolute atomic E-state index is 12.4. The number of aromatic amines is 1. The molecule has 1 aliphatic rings. The third-order valence-corrected chi connectivity index (χ3v) is 4.22. The lowest BCUT2D eigenvalue weighted by atomic mass is 9.70. The molecule has 0 bridgehead atoms. The molecule has 8 heteroatoms. The molecule has 0 radical (unpaired) electrons. The topological polar surface area (TPSA) is 70.7 Å². The van der Waals surface area contributed by atoms with Crippen molar-refractivity contribution in [1.82, 2.24) is 20.5 Å². The van der Waals surface area contributed by atoms with Crippen LogP contribution in [0.15, 0.2) is 30.3 Å². The molecule has 0 saturated heterocycles. The summed E-state index contributed by atoms with van der Waals surface area (Å²) in [6.07, 6.45) is -2.29. The third-order valence-electron chi connectivity index (χ3n) is 4.22. The first-order valence-corrected chi connectivity index (χ1v) is 7.72. The molecular weight excluding hydrogens is 321 g/mol. The minimum Gasteiger partial charge on any atom is -0.349 e. The van der Waals surface area contributed by atoms with Crippen LogP contribution in [0.2, 0.25) is 0 Å². The Morgan fingerprint density at radius 3 is 2.58 bits per heavy atom. The summed E-state index contributed by atoms with van der Waals surface area (Å²) in [6, 6.07) is 10.1. The molecule has 1 fully saturated rings. The number of nitrogens with one attached hydrogen (secondary N) is 2. The van der Waals surface area contributed by atoms with E-state index in [0.717, 1.165) is 12.8 Å². The van der Waals surface area contributed by atoms with E-state index < -0.39 is 12.0 Å². The monoisotopic (exact) mass is 338 g/mol. The molecule has 2 N–H and O–H groups in total. The van der Waals surface area contributed by atoms with Crippen LogP contribution >= 0.6 is 0 Å². The molecule has 5 nitrogen and oxygen atoms in total. The van der Waals surface area contributed by atoms with E-state index in [4.69, 9.17) is 0 Å². The van der Waals surface area contributed by atoms with E-state index in [1.54, 1.807) is 0 Å². The van der Waals surface area contributed by atoms with E-state index in [9.17, 15) is 18.0 Å². The van der Waals surface area contributed by atoms with Gasteiger partial charge in [-0.25, -0.2) is 4.98 Å². The zero-order valence-corrected chi connectivity index (χ0v) is 12.8. The number of alkyl halides is 3. The Morgan fingerprint density at radius 2 is 1.96 bits per heavy atom. The Morgan fingerprint density at radius 1 is 1.25 bits per heavy atom. The van der Waals surface area contributed by atoms with Crippen LogP contribution < -0.4 is 5.32 Å². The summed E-state index contributed by atoms with van der Waals surface area (Å²) in [6.45, 7) is -0.0866. The number of aromatic nitrogens is 3. The first-order chi connectivity index (χ1) is 11.4. The predicted molar refractivity (Wildman–Crippen MR) is 79.8 cm³/mol. The van der Waals surface area contributed by atoms with Gasteiger partial charge >= 0.3 is 6.18 Å². The Balaban J connectivity index is 1.40. The van der Waals surface area contributed by atoms with Crippen molar-refractivity contribution in [2.45, 2.75) is 37.9 Å². The fourth-order valence-corrected chi connectivity index (χ4v) is 2.92. The second kappa shape index (κ2) is 6.62. The summed E-state index contributed by atoms with van der Waals surface area (Å²) >= 11 is 0. The molecule has 0 spiro atoms. The lowest BCUT2D eigenvalue weighted by molar-refractivity contribution is -0.144. The van der Waals surface area contributed by atoms with Gasteiger partial charge in [-0.1, -0.05) is 30.3 Å². The van der Waals surface area contributed by atoms with Crippen LogP contribution in [0, 0.1) is 5.92 Å². The summed E-state index contributed by atoms with van der Waals surface area (Å²) in [5.74, 6) is -0.609. The molecule has 1 aromatic heterocycles. The van der Waals surface area contributed by atoms with Gasteiger partial charge in [-0.05, 0) is 30.2 Å². The molecule has 1 aliphatic carbocycles. The maximum Gasteiger partial charge on any atom is 0.453 e. The summed E-state index contributed by atoms with van der Waals surface area (Å²) < 4.78 is 37.1. The first-order valence-electron chi connectivity index (χ1n) is 7.72. The highest BCUT2D eigenvalue weighted by atomic mass is 19.4. The number of hydrogen-bond donors (Lipinski definition) is 2. The summed E-state index contributed by atoms with van der Waals surface area (Å²) in [5.41, 5.74) is 1.29. The second-order valence-corrected chi connectivity index (χ2v) is 6.03. The highest BCUT2D eigenvalue weighted by Crippen LogP contribution is 2.43. The largest absolute Gasteiger partial charge is 0.453 e. The van der Waals surface area contributed by atoms with E-state index in [0.29, 0.717) is 18.3 Å². The fraction of sp³-hybridized carbons (Fsp3) is 0.438. The Hall–Kier alpha value is -2.38. The van der Waals surface area contributed by atoms with E-state index in [1.807, 2.05) is 18.2 Å². The Bertz CT molecular complexity index is 693. The van der Waals surface area contributed by atoms with Gasteiger partial charge in [0.15, 0.2) is 0 Å². The second-order valence-electron chi connectivity index (χ2n) is 6.03. The molecule has 1 amide bonds. The maximum atomic E-state index is 12.4. The van der Waals surface area contributed by atoms with Crippen LogP contribution in [-0.2, 0) is 17.5 Å². The zero-order chi connectivity index (χ0) is 17.2. The van der Waals surface area contributed by atoms with Crippen molar-refractivity contribution in [2.75, 3.05) is 0 Å². The van der Waals surface area contributed by atoms with Gasteiger partial charge in [0, 0.05) is 6.42 Å². The fourth-order valence-electron chi connectivity index (χ4n) is 2.92. The molecular formula is C16H17F3N4O. The SMILES string of the molecule is O=C(CC1CC(c2ccccc2)C1)NCc1nc(C(F)(F)F)n[nH]1. The lowest BCUT2D eigenvalue weighted by Crippen LogP contribution is -2.30. The number of rotatable bonds is 5. The normalized spacial score (nSPS) is 20.5. The van der Waals surface area contributed by atoms with Crippen LogP contribution in [0.1, 0.15) is 42.4 Å². The van der Waals surface area contributed by atoms with Crippen LogP contribution in [0.5, 0.6) is 0 Å². The van der Waals surface area contributed by atoms with Crippen molar-refractivity contribution in [3.05, 3.63) is 47.5 Å².